The summed E-state index contributed by atoms with van der Waals surface area (Å²) in [5, 5.41) is 5.77. The Morgan fingerprint density at radius 3 is 2.59 bits per heavy atom. The number of thioether (sulfide) groups is 1. The molecule has 1 atom stereocenters. The van der Waals surface area contributed by atoms with Crippen molar-refractivity contribution in [1.82, 2.24) is 20.4 Å². The summed E-state index contributed by atoms with van der Waals surface area (Å²) in [6.45, 7) is 6.29. The average molecular weight is 459 g/mol. The zero-order chi connectivity index (χ0) is 22.3. The molecule has 2 fully saturated rings. The van der Waals surface area contributed by atoms with E-state index in [2.05, 4.69) is 21.6 Å². The predicted octanol–water partition coefficient (Wildman–Crippen LogP) is 2.40. The van der Waals surface area contributed by atoms with Crippen LogP contribution in [0, 0.1) is 0 Å². The summed E-state index contributed by atoms with van der Waals surface area (Å²) in [7, 11) is 0. The van der Waals surface area contributed by atoms with Gasteiger partial charge in [0.1, 0.15) is 6.04 Å². The molecule has 3 amide bonds. The Kier molecular flexibility index (Phi) is 8.21. The molecule has 0 spiro atoms. The summed E-state index contributed by atoms with van der Waals surface area (Å²) in [6.07, 6.45) is 6.97. The molecule has 4 rings (SSSR count). The summed E-state index contributed by atoms with van der Waals surface area (Å²) in [6, 6.07) is 5.32. The van der Waals surface area contributed by atoms with E-state index >= 15 is 0 Å². The zero-order valence-corrected chi connectivity index (χ0v) is 19.6. The fourth-order valence-electron chi connectivity index (χ4n) is 4.78. The standard InChI is InChI=1S/C24H34N4O3S/c29-22-10-9-20(23(30)26-22)28-17-19-18(24(28)31)7-6-8-21(19)32-16-5-3-1-2-4-13-27-14-11-25-12-15-27/h6-8,20,25H,1-5,9-17H2,(H,26,29,30). The molecular formula is C24H34N4O3S. The number of benzene rings is 1. The third-order valence-electron chi connectivity index (χ3n) is 6.62. The van der Waals surface area contributed by atoms with Crippen LogP contribution in [0.5, 0.6) is 0 Å². The lowest BCUT2D eigenvalue weighted by molar-refractivity contribution is -0.136. The van der Waals surface area contributed by atoms with E-state index in [0.717, 1.165) is 29.3 Å². The fraction of sp³-hybridized carbons (Fsp3) is 0.625. The highest BCUT2D eigenvalue weighted by molar-refractivity contribution is 7.99. The highest BCUT2D eigenvalue weighted by Crippen LogP contribution is 2.34. The molecule has 0 radical (unpaired) electrons. The van der Waals surface area contributed by atoms with Crippen molar-refractivity contribution in [2.45, 2.75) is 62.4 Å². The maximum absolute atomic E-state index is 12.9. The molecule has 174 valence electrons. The molecule has 0 aromatic heterocycles. The first-order chi connectivity index (χ1) is 15.6. The number of imide groups is 1. The largest absolute Gasteiger partial charge is 0.322 e. The van der Waals surface area contributed by atoms with E-state index in [1.807, 2.05) is 23.9 Å². The van der Waals surface area contributed by atoms with E-state index in [4.69, 9.17) is 0 Å². The number of piperidine rings is 1. The van der Waals surface area contributed by atoms with Gasteiger partial charge in [-0.05, 0) is 49.3 Å². The van der Waals surface area contributed by atoms with Gasteiger partial charge in [-0.25, -0.2) is 0 Å². The van der Waals surface area contributed by atoms with Crippen molar-refractivity contribution < 1.29 is 14.4 Å². The molecule has 2 saturated heterocycles. The van der Waals surface area contributed by atoms with Crippen molar-refractivity contribution >= 4 is 29.5 Å². The third-order valence-corrected chi connectivity index (χ3v) is 7.81. The monoisotopic (exact) mass is 458 g/mol. The highest BCUT2D eigenvalue weighted by Gasteiger charge is 2.39. The third kappa shape index (κ3) is 5.71. The molecule has 0 aliphatic carbocycles. The molecule has 1 unspecified atom stereocenters. The number of rotatable bonds is 10. The number of unbranched alkanes of at least 4 members (excludes halogenated alkanes) is 4. The second-order valence-electron chi connectivity index (χ2n) is 8.89. The van der Waals surface area contributed by atoms with E-state index in [-0.39, 0.29) is 24.1 Å². The van der Waals surface area contributed by atoms with E-state index in [9.17, 15) is 14.4 Å². The SMILES string of the molecule is O=C1CCC(N2Cc3c(SCCCCCCCN4CCNCC4)cccc3C2=O)C(=O)N1. The fourth-order valence-corrected chi connectivity index (χ4v) is 5.87. The van der Waals surface area contributed by atoms with Gasteiger partial charge in [0, 0.05) is 49.6 Å². The van der Waals surface area contributed by atoms with Crippen molar-refractivity contribution in [3.8, 4) is 0 Å². The molecule has 0 saturated carbocycles. The molecule has 8 heteroatoms. The normalized spacial score (nSPS) is 21.7. The Bertz CT molecular complexity index is 841. The topological polar surface area (TPSA) is 81.8 Å². The number of nitrogens with zero attached hydrogens (tertiary/aromatic N) is 2. The Hall–Kier alpha value is -1.90. The van der Waals surface area contributed by atoms with Crippen LogP contribution in [0.4, 0.5) is 0 Å². The van der Waals surface area contributed by atoms with Gasteiger partial charge < -0.3 is 15.1 Å². The van der Waals surface area contributed by atoms with Gasteiger partial charge in [-0.3, -0.25) is 19.7 Å². The van der Waals surface area contributed by atoms with Crippen molar-refractivity contribution in [1.29, 1.82) is 0 Å². The lowest BCUT2D eigenvalue weighted by atomic mass is 10.0. The zero-order valence-electron chi connectivity index (χ0n) is 18.7. The van der Waals surface area contributed by atoms with E-state index < -0.39 is 6.04 Å². The number of carbonyl (C=O) groups is 3. The maximum atomic E-state index is 12.9. The van der Waals surface area contributed by atoms with Crippen LogP contribution in [0.2, 0.25) is 0 Å². The van der Waals surface area contributed by atoms with Gasteiger partial charge in [0.25, 0.3) is 5.91 Å². The van der Waals surface area contributed by atoms with Crippen LogP contribution in [0.15, 0.2) is 23.1 Å². The van der Waals surface area contributed by atoms with Crippen LogP contribution in [0.25, 0.3) is 0 Å². The Morgan fingerprint density at radius 1 is 1.00 bits per heavy atom. The average Bonchev–Trinajstić information content (AvgIpc) is 3.13. The number of carbonyl (C=O) groups excluding carboxylic acids is 3. The van der Waals surface area contributed by atoms with Crippen LogP contribution in [0.1, 0.15) is 60.9 Å². The van der Waals surface area contributed by atoms with Gasteiger partial charge in [-0.2, -0.15) is 0 Å². The Morgan fingerprint density at radius 2 is 1.78 bits per heavy atom. The summed E-state index contributed by atoms with van der Waals surface area (Å²) in [5.41, 5.74) is 1.73. The van der Waals surface area contributed by atoms with Gasteiger partial charge in [0.2, 0.25) is 11.8 Å². The Balaban J connectivity index is 1.19. The number of hydrogen-bond acceptors (Lipinski definition) is 6. The lowest BCUT2D eigenvalue weighted by Crippen LogP contribution is -2.52. The minimum atomic E-state index is -0.549. The van der Waals surface area contributed by atoms with Gasteiger partial charge in [0.15, 0.2) is 0 Å². The van der Waals surface area contributed by atoms with Gasteiger partial charge in [-0.1, -0.05) is 25.3 Å². The van der Waals surface area contributed by atoms with Crippen molar-refractivity contribution in [2.75, 3.05) is 38.5 Å². The highest BCUT2D eigenvalue weighted by atomic mass is 32.2. The minimum absolute atomic E-state index is 0.0959. The first-order valence-corrected chi connectivity index (χ1v) is 12.9. The van der Waals surface area contributed by atoms with Crippen LogP contribution in [-0.2, 0) is 16.1 Å². The second kappa shape index (κ2) is 11.3. The number of hydrogen-bond donors (Lipinski definition) is 2. The number of piperazine rings is 1. The van der Waals surface area contributed by atoms with Crippen LogP contribution in [-0.4, -0.2) is 72.0 Å². The van der Waals surface area contributed by atoms with E-state index in [0.29, 0.717) is 18.5 Å². The van der Waals surface area contributed by atoms with Crippen LogP contribution >= 0.6 is 11.8 Å². The first-order valence-electron chi connectivity index (χ1n) is 12.0. The molecule has 3 heterocycles. The molecule has 7 nitrogen and oxygen atoms in total. The lowest BCUT2D eigenvalue weighted by Gasteiger charge is -2.29. The summed E-state index contributed by atoms with van der Waals surface area (Å²) >= 11 is 1.82. The maximum Gasteiger partial charge on any atom is 0.255 e. The van der Waals surface area contributed by atoms with Crippen molar-refractivity contribution in [3.63, 3.8) is 0 Å². The summed E-state index contributed by atoms with van der Waals surface area (Å²) < 4.78 is 0. The summed E-state index contributed by atoms with van der Waals surface area (Å²) in [4.78, 5) is 41.9. The molecule has 1 aromatic carbocycles. The van der Waals surface area contributed by atoms with Crippen molar-refractivity contribution in [3.05, 3.63) is 29.3 Å². The smallest absolute Gasteiger partial charge is 0.255 e. The van der Waals surface area contributed by atoms with Crippen LogP contribution < -0.4 is 10.6 Å². The van der Waals surface area contributed by atoms with Gasteiger partial charge in [0.05, 0.1) is 0 Å². The quantitative estimate of drug-likeness (QED) is 0.318. The predicted molar refractivity (Wildman–Crippen MR) is 126 cm³/mol. The number of fused-ring (bicyclic) bond motifs is 1. The molecule has 2 N–H and O–H groups in total. The van der Waals surface area contributed by atoms with Gasteiger partial charge >= 0.3 is 0 Å². The van der Waals surface area contributed by atoms with Crippen molar-refractivity contribution in [2.24, 2.45) is 0 Å². The first kappa shape index (κ1) is 23.3. The van der Waals surface area contributed by atoms with Gasteiger partial charge in [-0.15, -0.1) is 11.8 Å². The summed E-state index contributed by atoms with van der Waals surface area (Å²) in [5.74, 6) is 0.339. The van der Waals surface area contributed by atoms with Crippen LogP contribution in [0.3, 0.4) is 0 Å². The van der Waals surface area contributed by atoms with E-state index in [1.54, 1.807) is 4.90 Å². The molecule has 3 aliphatic heterocycles. The minimum Gasteiger partial charge on any atom is -0.322 e. The molecule has 3 aliphatic rings. The molecule has 1 aromatic rings. The molecule has 0 bridgehead atoms. The molecule has 32 heavy (non-hydrogen) atoms. The number of nitrogens with one attached hydrogen (secondary N) is 2. The second-order valence-corrected chi connectivity index (χ2v) is 10.0. The molecular weight excluding hydrogens is 424 g/mol. The van der Waals surface area contributed by atoms with E-state index in [1.165, 1.54) is 51.7 Å². The Labute approximate surface area is 194 Å². The number of amides is 3.